The van der Waals surface area contributed by atoms with Crippen molar-refractivity contribution in [1.82, 2.24) is 0 Å². The van der Waals surface area contributed by atoms with E-state index in [1.165, 1.54) is 96.3 Å². The van der Waals surface area contributed by atoms with Gasteiger partial charge in [0, 0.05) is 6.61 Å². The normalized spacial score (nSPS) is 13.2. The SMILES string of the molecule is CCCCCCCCCCCCCCCCOC(C)SCC(=O)OCC(CC)CCCC. The highest BCUT2D eigenvalue weighted by Gasteiger charge is 2.12. The Labute approximate surface area is 205 Å². The van der Waals surface area contributed by atoms with Crippen LogP contribution >= 0.6 is 11.8 Å². The molecule has 0 aromatic carbocycles. The van der Waals surface area contributed by atoms with Gasteiger partial charge in [0.2, 0.25) is 0 Å². The summed E-state index contributed by atoms with van der Waals surface area (Å²) in [7, 11) is 0. The molecule has 3 nitrogen and oxygen atoms in total. The van der Waals surface area contributed by atoms with Crippen molar-refractivity contribution in [3.8, 4) is 0 Å². The van der Waals surface area contributed by atoms with Gasteiger partial charge in [-0.15, -0.1) is 11.8 Å². The lowest BCUT2D eigenvalue weighted by Crippen LogP contribution is -2.17. The first-order valence-electron chi connectivity index (χ1n) is 14.0. The Morgan fingerprint density at radius 2 is 1.22 bits per heavy atom. The predicted molar refractivity (Wildman–Crippen MR) is 142 cm³/mol. The minimum atomic E-state index is -0.100. The third-order valence-corrected chi connectivity index (χ3v) is 7.32. The standard InChI is InChI=1S/C28H56O3S/c1-5-8-10-11-12-13-14-15-16-17-18-19-20-21-23-30-26(4)32-25-28(29)31-24-27(7-3)22-9-6-2/h26-27H,5-25H2,1-4H3. The predicted octanol–water partition coefficient (Wildman–Crippen LogP) is 9.32. The lowest BCUT2D eigenvalue weighted by molar-refractivity contribution is -0.141. The summed E-state index contributed by atoms with van der Waals surface area (Å²) in [6.45, 7) is 10.1. The van der Waals surface area contributed by atoms with E-state index in [0.717, 1.165) is 25.9 Å². The average Bonchev–Trinajstić information content (AvgIpc) is 2.80. The van der Waals surface area contributed by atoms with Gasteiger partial charge < -0.3 is 9.47 Å². The fourth-order valence-corrected chi connectivity index (χ4v) is 4.58. The van der Waals surface area contributed by atoms with Gasteiger partial charge in [-0.2, -0.15) is 0 Å². The number of carbonyl (C=O) groups excluding carboxylic acids is 1. The van der Waals surface area contributed by atoms with Crippen molar-refractivity contribution < 1.29 is 14.3 Å². The van der Waals surface area contributed by atoms with Gasteiger partial charge in [-0.05, 0) is 25.7 Å². The van der Waals surface area contributed by atoms with Crippen molar-refractivity contribution in [2.45, 2.75) is 149 Å². The molecule has 4 heteroatoms. The van der Waals surface area contributed by atoms with Gasteiger partial charge in [0.1, 0.15) is 5.44 Å². The maximum atomic E-state index is 12.0. The zero-order chi connectivity index (χ0) is 23.7. The van der Waals surface area contributed by atoms with Gasteiger partial charge in [0.15, 0.2) is 0 Å². The van der Waals surface area contributed by atoms with Gasteiger partial charge in [0.05, 0.1) is 12.4 Å². The van der Waals surface area contributed by atoms with Crippen LogP contribution in [0.2, 0.25) is 0 Å². The molecule has 0 fully saturated rings. The number of hydrogen-bond acceptors (Lipinski definition) is 4. The summed E-state index contributed by atoms with van der Waals surface area (Å²) in [6, 6.07) is 0. The van der Waals surface area contributed by atoms with Crippen LogP contribution in [0.1, 0.15) is 143 Å². The summed E-state index contributed by atoms with van der Waals surface area (Å²) in [6.07, 6.45) is 23.9. The van der Waals surface area contributed by atoms with Gasteiger partial charge in [-0.3, -0.25) is 4.79 Å². The van der Waals surface area contributed by atoms with Crippen molar-refractivity contribution in [2.24, 2.45) is 5.92 Å². The van der Waals surface area contributed by atoms with E-state index in [2.05, 4.69) is 20.8 Å². The second-order valence-corrected chi connectivity index (χ2v) is 10.7. The van der Waals surface area contributed by atoms with Crippen LogP contribution in [0, 0.1) is 5.92 Å². The Kier molecular flexibility index (Phi) is 25.2. The minimum absolute atomic E-state index is 0.0617. The molecule has 2 unspecified atom stereocenters. The average molecular weight is 473 g/mol. The minimum Gasteiger partial charge on any atom is -0.465 e. The maximum absolute atomic E-state index is 12.0. The fourth-order valence-electron chi connectivity index (χ4n) is 3.93. The number of esters is 1. The van der Waals surface area contributed by atoms with Crippen LogP contribution in [0.25, 0.3) is 0 Å². The van der Waals surface area contributed by atoms with Gasteiger partial charge in [0.25, 0.3) is 0 Å². The van der Waals surface area contributed by atoms with Crippen LogP contribution in [0.15, 0.2) is 0 Å². The van der Waals surface area contributed by atoms with Gasteiger partial charge >= 0.3 is 5.97 Å². The lowest BCUT2D eigenvalue weighted by Gasteiger charge is -2.15. The molecular formula is C28H56O3S. The molecule has 0 bridgehead atoms. The quantitative estimate of drug-likeness (QED) is 0.0753. The maximum Gasteiger partial charge on any atom is 0.315 e. The summed E-state index contributed by atoms with van der Waals surface area (Å²) in [5.41, 5.74) is 0.0617. The van der Waals surface area contributed by atoms with Crippen molar-refractivity contribution >= 4 is 17.7 Å². The molecule has 0 aliphatic carbocycles. The Morgan fingerprint density at radius 3 is 1.72 bits per heavy atom. The smallest absolute Gasteiger partial charge is 0.315 e. The molecule has 0 spiro atoms. The van der Waals surface area contributed by atoms with E-state index in [1.807, 2.05) is 6.92 Å². The number of carbonyl (C=O) groups is 1. The molecule has 0 saturated heterocycles. The van der Waals surface area contributed by atoms with Crippen molar-refractivity contribution in [1.29, 1.82) is 0 Å². The zero-order valence-electron chi connectivity index (χ0n) is 22.1. The van der Waals surface area contributed by atoms with Gasteiger partial charge in [-0.25, -0.2) is 0 Å². The third-order valence-electron chi connectivity index (χ3n) is 6.31. The van der Waals surface area contributed by atoms with Crippen LogP contribution in [-0.4, -0.2) is 30.4 Å². The Balaban J connectivity index is 3.38. The Hall–Kier alpha value is -0.220. The monoisotopic (exact) mass is 472 g/mol. The van der Waals surface area contributed by atoms with E-state index >= 15 is 0 Å². The van der Waals surface area contributed by atoms with E-state index < -0.39 is 0 Å². The molecule has 0 heterocycles. The number of ether oxygens (including phenoxy) is 2. The topological polar surface area (TPSA) is 35.5 Å². The molecule has 0 aromatic heterocycles. The molecule has 2 atom stereocenters. The van der Waals surface area contributed by atoms with Crippen LogP contribution in [-0.2, 0) is 14.3 Å². The molecule has 0 saturated carbocycles. The first kappa shape index (κ1) is 31.8. The highest BCUT2D eigenvalue weighted by molar-refractivity contribution is 8.00. The van der Waals surface area contributed by atoms with Gasteiger partial charge in [-0.1, -0.05) is 124 Å². The second-order valence-electron chi connectivity index (χ2n) is 9.45. The van der Waals surface area contributed by atoms with E-state index in [9.17, 15) is 4.79 Å². The summed E-state index contributed by atoms with van der Waals surface area (Å²) in [4.78, 5) is 12.0. The van der Waals surface area contributed by atoms with Crippen LogP contribution in [0.3, 0.4) is 0 Å². The molecule has 0 aliphatic rings. The van der Waals surface area contributed by atoms with E-state index in [0.29, 0.717) is 18.3 Å². The summed E-state index contributed by atoms with van der Waals surface area (Å²) in [5, 5.41) is 0. The van der Waals surface area contributed by atoms with Crippen molar-refractivity contribution in [3.05, 3.63) is 0 Å². The molecule has 32 heavy (non-hydrogen) atoms. The molecule has 0 radical (unpaired) electrons. The molecule has 0 amide bonds. The zero-order valence-corrected chi connectivity index (χ0v) is 23.0. The fraction of sp³-hybridized carbons (Fsp3) is 0.964. The highest BCUT2D eigenvalue weighted by Crippen LogP contribution is 2.16. The van der Waals surface area contributed by atoms with Crippen LogP contribution in [0.4, 0.5) is 0 Å². The van der Waals surface area contributed by atoms with E-state index in [4.69, 9.17) is 9.47 Å². The largest absolute Gasteiger partial charge is 0.465 e. The van der Waals surface area contributed by atoms with Crippen molar-refractivity contribution in [3.63, 3.8) is 0 Å². The molecule has 0 N–H and O–H groups in total. The summed E-state index contributed by atoms with van der Waals surface area (Å²) in [5.74, 6) is 0.805. The van der Waals surface area contributed by atoms with Crippen LogP contribution < -0.4 is 0 Å². The lowest BCUT2D eigenvalue weighted by atomic mass is 10.0. The second kappa shape index (κ2) is 25.4. The Bertz CT molecular complexity index is 389. The summed E-state index contributed by atoms with van der Waals surface area (Å²) < 4.78 is 11.3. The number of rotatable bonds is 25. The first-order chi connectivity index (χ1) is 15.6. The molecule has 192 valence electrons. The number of thioether (sulfide) groups is 1. The van der Waals surface area contributed by atoms with E-state index in [1.54, 1.807) is 11.8 Å². The number of hydrogen-bond donors (Lipinski definition) is 0. The molecular weight excluding hydrogens is 416 g/mol. The molecule has 0 rings (SSSR count). The van der Waals surface area contributed by atoms with Crippen LogP contribution in [0.5, 0.6) is 0 Å². The molecule has 0 aromatic rings. The summed E-state index contributed by atoms with van der Waals surface area (Å²) >= 11 is 1.55. The third kappa shape index (κ3) is 23.0. The number of unbranched alkanes of at least 4 members (excludes halogenated alkanes) is 14. The first-order valence-corrected chi connectivity index (χ1v) is 15.1. The highest BCUT2D eigenvalue weighted by atomic mass is 32.2. The van der Waals surface area contributed by atoms with E-state index in [-0.39, 0.29) is 11.4 Å². The van der Waals surface area contributed by atoms with Crippen molar-refractivity contribution in [2.75, 3.05) is 19.0 Å². The molecule has 0 aliphatic heterocycles. The Morgan fingerprint density at radius 1 is 0.719 bits per heavy atom.